The molecule has 1 aromatic rings. The molecule has 0 spiro atoms. The van der Waals surface area contributed by atoms with Gasteiger partial charge >= 0.3 is 0 Å². The molecule has 0 amide bonds. The van der Waals surface area contributed by atoms with Crippen LogP contribution in [0.4, 0.5) is 4.39 Å². The molecule has 1 heterocycles. The number of carbonyl (C=O) groups is 1. The molecule has 1 aliphatic rings. The van der Waals surface area contributed by atoms with Gasteiger partial charge < -0.3 is 5.32 Å². The van der Waals surface area contributed by atoms with E-state index in [0.717, 1.165) is 31.5 Å². The molecule has 0 radical (unpaired) electrons. The molecule has 0 aliphatic carbocycles. The van der Waals surface area contributed by atoms with Crippen LogP contribution in [0.1, 0.15) is 42.6 Å². The van der Waals surface area contributed by atoms with E-state index < -0.39 is 5.41 Å². The highest BCUT2D eigenvalue weighted by atomic mass is 19.1. The number of aryl methyl sites for hydroxylation is 1. The number of Topliss-reactive ketones (excluding diaryl/α,β-unsaturated/α-hetero) is 1. The van der Waals surface area contributed by atoms with Crippen molar-refractivity contribution in [3.8, 4) is 0 Å². The number of benzene rings is 1. The van der Waals surface area contributed by atoms with Crippen LogP contribution in [-0.4, -0.2) is 18.9 Å². The number of hydrogen-bond acceptors (Lipinski definition) is 2. The predicted molar refractivity (Wildman–Crippen MR) is 74.8 cm³/mol. The highest BCUT2D eigenvalue weighted by Gasteiger charge is 2.38. The molecule has 1 atom stereocenters. The molecule has 0 saturated carbocycles. The maximum absolute atomic E-state index is 13.4. The number of hydrogen-bond donors (Lipinski definition) is 1. The number of ketones is 1. The first-order valence-electron chi connectivity index (χ1n) is 6.94. The Bertz CT molecular complexity index is 476. The third kappa shape index (κ3) is 2.86. The summed E-state index contributed by atoms with van der Waals surface area (Å²) in [4.78, 5) is 12.7. The van der Waals surface area contributed by atoms with Gasteiger partial charge in [0.2, 0.25) is 0 Å². The summed E-state index contributed by atoms with van der Waals surface area (Å²) in [6.45, 7) is 7.73. The zero-order valence-corrected chi connectivity index (χ0v) is 11.9. The molecule has 104 valence electrons. The average Bonchev–Trinajstić information content (AvgIpc) is 2.41. The maximum atomic E-state index is 13.4. The van der Waals surface area contributed by atoms with Crippen molar-refractivity contribution in [3.05, 3.63) is 35.1 Å². The van der Waals surface area contributed by atoms with Gasteiger partial charge in [0.05, 0.1) is 0 Å². The van der Waals surface area contributed by atoms with Crippen molar-refractivity contribution in [1.82, 2.24) is 5.32 Å². The van der Waals surface area contributed by atoms with E-state index in [1.807, 2.05) is 20.8 Å². The van der Waals surface area contributed by atoms with Crippen LogP contribution < -0.4 is 5.32 Å². The lowest BCUT2D eigenvalue weighted by Crippen LogP contribution is -2.42. The van der Waals surface area contributed by atoms with E-state index in [-0.39, 0.29) is 11.6 Å². The van der Waals surface area contributed by atoms with Crippen molar-refractivity contribution < 1.29 is 9.18 Å². The van der Waals surface area contributed by atoms with Gasteiger partial charge in [-0.15, -0.1) is 0 Å². The lowest BCUT2D eigenvalue weighted by Gasteiger charge is -2.36. The zero-order chi connectivity index (χ0) is 14.0. The second kappa shape index (κ2) is 5.41. The first kappa shape index (κ1) is 14.2. The molecule has 19 heavy (non-hydrogen) atoms. The Morgan fingerprint density at radius 3 is 2.79 bits per heavy atom. The van der Waals surface area contributed by atoms with E-state index >= 15 is 0 Å². The molecule has 1 N–H and O–H groups in total. The minimum Gasteiger partial charge on any atom is -0.316 e. The van der Waals surface area contributed by atoms with E-state index in [9.17, 15) is 9.18 Å². The van der Waals surface area contributed by atoms with Crippen LogP contribution in [0.2, 0.25) is 0 Å². The maximum Gasteiger partial charge on any atom is 0.169 e. The molecule has 3 heteroatoms. The molecular weight excluding hydrogens is 241 g/mol. The molecule has 0 bridgehead atoms. The Kier molecular flexibility index (Phi) is 4.04. The van der Waals surface area contributed by atoms with E-state index in [1.54, 1.807) is 6.07 Å². The van der Waals surface area contributed by atoms with Crippen LogP contribution in [0.3, 0.4) is 0 Å². The smallest absolute Gasteiger partial charge is 0.169 e. The SMILES string of the molecule is Cc1ccc(F)cc1C(=O)C(C)(C)C1CCCNC1. The molecule has 1 aromatic carbocycles. The molecule has 1 fully saturated rings. The van der Waals surface area contributed by atoms with Crippen LogP contribution >= 0.6 is 0 Å². The molecule has 1 aliphatic heterocycles. The Labute approximate surface area is 114 Å². The summed E-state index contributed by atoms with van der Waals surface area (Å²) in [6.07, 6.45) is 2.16. The number of piperidine rings is 1. The summed E-state index contributed by atoms with van der Waals surface area (Å²) in [5.41, 5.74) is 0.921. The molecule has 1 saturated heterocycles. The summed E-state index contributed by atoms with van der Waals surface area (Å²) in [5, 5.41) is 3.35. The quantitative estimate of drug-likeness (QED) is 0.847. The van der Waals surface area contributed by atoms with Gasteiger partial charge in [0.15, 0.2) is 5.78 Å². The second-order valence-corrected chi connectivity index (χ2v) is 6.05. The van der Waals surface area contributed by atoms with Crippen molar-refractivity contribution in [1.29, 1.82) is 0 Å². The minimum atomic E-state index is -0.452. The zero-order valence-electron chi connectivity index (χ0n) is 11.9. The average molecular weight is 263 g/mol. The van der Waals surface area contributed by atoms with E-state index in [2.05, 4.69) is 5.32 Å². The van der Waals surface area contributed by atoms with Crippen LogP contribution in [0, 0.1) is 24.1 Å². The summed E-state index contributed by atoms with van der Waals surface area (Å²) >= 11 is 0. The van der Waals surface area contributed by atoms with Gasteiger partial charge in [-0.1, -0.05) is 19.9 Å². The fraction of sp³-hybridized carbons (Fsp3) is 0.562. The van der Waals surface area contributed by atoms with Crippen LogP contribution in [0.5, 0.6) is 0 Å². The van der Waals surface area contributed by atoms with Crippen LogP contribution in [-0.2, 0) is 0 Å². The number of halogens is 1. The standard InChI is InChI=1S/C16H22FNO/c1-11-6-7-13(17)9-14(11)15(19)16(2,3)12-5-4-8-18-10-12/h6-7,9,12,18H,4-5,8,10H2,1-3H3. The highest BCUT2D eigenvalue weighted by Crippen LogP contribution is 2.35. The molecular formula is C16H22FNO. The fourth-order valence-electron chi connectivity index (χ4n) is 2.84. The summed E-state index contributed by atoms with van der Waals surface area (Å²) in [5.74, 6) is 0.0288. The lowest BCUT2D eigenvalue weighted by atomic mass is 9.70. The Morgan fingerprint density at radius 1 is 1.42 bits per heavy atom. The number of carbonyl (C=O) groups excluding carboxylic acids is 1. The first-order valence-corrected chi connectivity index (χ1v) is 6.94. The number of rotatable bonds is 3. The Morgan fingerprint density at radius 2 is 2.16 bits per heavy atom. The van der Waals surface area contributed by atoms with Crippen molar-refractivity contribution in [2.24, 2.45) is 11.3 Å². The topological polar surface area (TPSA) is 29.1 Å². The van der Waals surface area contributed by atoms with E-state index in [4.69, 9.17) is 0 Å². The van der Waals surface area contributed by atoms with Crippen molar-refractivity contribution in [2.75, 3.05) is 13.1 Å². The monoisotopic (exact) mass is 263 g/mol. The predicted octanol–water partition coefficient (Wildman–Crippen LogP) is 3.34. The lowest BCUT2D eigenvalue weighted by molar-refractivity contribution is 0.0707. The second-order valence-electron chi connectivity index (χ2n) is 6.05. The first-order chi connectivity index (χ1) is 8.93. The summed E-state index contributed by atoms with van der Waals surface area (Å²) in [7, 11) is 0. The van der Waals surface area contributed by atoms with Gasteiger partial charge in [0.1, 0.15) is 5.82 Å². The van der Waals surface area contributed by atoms with Gasteiger partial charge in [-0.3, -0.25) is 4.79 Å². The molecule has 0 aromatic heterocycles. The Balaban J connectivity index is 2.28. The van der Waals surface area contributed by atoms with Crippen molar-refractivity contribution >= 4 is 5.78 Å². The van der Waals surface area contributed by atoms with Crippen LogP contribution in [0.15, 0.2) is 18.2 Å². The normalized spacial score (nSPS) is 20.3. The highest BCUT2D eigenvalue weighted by molar-refractivity contribution is 6.01. The summed E-state index contributed by atoms with van der Waals surface area (Å²) < 4.78 is 13.4. The van der Waals surface area contributed by atoms with Gasteiger partial charge in [-0.05, 0) is 56.5 Å². The molecule has 2 nitrogen and oxygen atoms in total. The van der Waals surface area contributed by atoms with Crippen molar-refractivity contribution in [2.45, 2.75) is 33.6 Å². The summed E-state index contributed by atoms with van der Waals surface area (Å²) in [6, 6.07) is 4.45. The third-order valence-electron chi connectivity index (χ3n) is 4.35. The molecule has 1 unspecified atom stereocenters. The van der Waals surface area contributed by atoms with E-state index in [1.165, 1.54) is 12.1 Å². The van der Waals surface area contributed by atoms with Gasteiger partial charge in [0, 0.05) is 11.0 Å². The van der Waals surface area contributed by atoms with Crippen molar-refractivity contribution in [3.63, 3.8) is 0 Å². The van der Waals surface area contributed by atoms with Gasteiger partial charge in [-0.25, -0.2) is 4.39 Å². The third-order valence-corrected chi connectivity index (χ3v) is 4.35. The molecule has 2 rings (SSSR count). The number of nitrogens with one attached hydrogen (secondary N) is 1. The van der Waals surface area contributed by atoms with Gasteiger partial charge in [0.25, 0.3) is 0 Å². The van der Waals surface area contributed by atoms with E-state index in [0.29, 0.717) is 11.5 Å². The Hall–Kier alpha value is -1.22. The largest absolute Gasteiger partial charge is 0.316 e. The van der Waals surface area contributed by atoms with Gasteiger partial charge in [-0.2, -0.15) is 0 Å². The van der Waals surface area contributed by atoms with Crippen LogP contribution in [0.25, 0.3) is 0 Å². The minimum absolute atomic E-state index is 0.0539. The fourth-order valence-corrected chi connectivity index (χ4v) is 2.84.